The van der Waals surface area contributed by atoms with Crippen molar-refractivity contribution in [3.63, 3.8) is 0 Å². The Morgan fingerprint density at radius 2 is 0.921 bits per heavy atom. The number of rotatable bonds is 12. The van der Waals surface area contributed by atoms with Crippen LogP contribution >= 0.6 is 45.3 Å². The number of thiophene rings is 4. The first-order valence-electron chi connectivity index (χ1n) is 14.3. The number of hydrogen-bond acceptors (Lipinski definition) is 4. The molecule has 0 saturated carbocycles. The molecule has 6 rings (SSSR count). The van der Waals surface area contributed by atoms with E-state index in [1.807, 2.05) is 45.3 Å². The van der Waals surface area contributed by atoms with Crippen LogP contribution in [0.5, 0.6) is 0 Å². The van der Waals surface area contributed by atoms with Gasteiger partial charge in [0, 0.05) is 20.5 Å². The lowest BCUT2D eigenvalue weighted by Gasteiger charge is -2.03. The highest BCUT2D eigenvalue weighted by atomic mass is 32.2. The largest absolute Gasteiger partial charge is 0.124 e. The second kappa shape index (κ2) is 12.0. The first-order chi connectivity index (χ1) is 18.7. The molecule has 0 nitrogen and oxygen atoms in total. The van der Waals surface area contributed by atoms with Crippen molar-refractivity contribution in [2.24, 2.45) is 0 Å². The summed E-state index contributed by atoms with van der Waals surface area (Å²) in [6.45, 7) is 4.55. The average molecular weight is 573 g/mol. The van der Waals surface area contributed by atoms with Crippen LogP contribution in [-0.2, 0) is 12.8 Å². The molecule has 2 aromatic carbocycles. The lowest BCUT2D eigenvalue weighted by atomic mass is 10.0. The first kappa shape index (κ1) is 26.3. The van der Waals surface area contributed by atoms with Crippen molar-refractivity contribution in [2.75, 3.05) is 0 Å². The van der Waals surface area contributed by atoms with Gasteiger partial charge in [-0.3, -0.25) is 0 Å². The molecule has 0 spiro atoms. The molecule has 0 fully saturated rings. The maximum Gasteiger partial charge on any atom is 0.0892 e. The molecule has 0 amide bonds. The monoisotopic (exact) mass is 572 g/mol. The fourth-order valence-electron chi connectivity index (χ4n) is 5.30. The van der Waals surface area contributed by atoms with E-state index >= 15 is 0 Å². The Kier molecular flexibility index (Phi) is 8.32. The first-order valence-corrected chi connectivity index (χ1v) is 17.6. The fraction of sp³-hybridized carbons (Fsp3) is 0.353. The van der Waals surface area contributed by atoms with Crippen molar-refractivity contribution < 1.29 is 0 Å². The summed E-state index contributed by atoms with van der Waals surface area (Å²) in [7, 11) is 0. The Balaban J connectivity index is 1.18. The van der Waals surface area contributed by atoms with Gasteiger partial charge in [-0.25, -0.2) is 0 Å². The van der Waals surface area contributed by atoms with E-state index in [0.717, 1.165) is 0 Å². The zero-order valence-electron chi connectivity index (χ0n) is 22.5. The van der Waals surface area contributed by atoms with Crippen LogP contribution in [0, 0.1) is 0 Å². The molecule has 196 valence electrons. The molecule has 0 unspecified atom stereocenters. The van der Waals surface area contributed by atoms with E-state index in [1.54, 1.807) is 0 Å². The van der Waals surface area contributed by atoms with Crippen LogP contribution in [0.4, 0.5) is 0 Å². The van der Waals surface area contributed by atoms with Crippen LogP contribution < -0.4 is 0 Å². The van der Waals surface area contributed by atoms with Crippen LogP contribution in [-0.4, -0.2) is 0 Å². The predicted octanol–water partition coefficient (Wildman–Crippen LogP) is 13.0. The van der Waals surface area contributed by atoms with Crippen LogP contribution in [0.1, 0.15) is 76.3 Å². The third-order valence-corrected chi connectivity index (χ3v) is 12.7. The molecule has 0 aliphatic heterocycles. The SMILES string of the molecule is CCCCCCCCc1ccc(-c2cc3c(s2)sc2c4cc(-c5ccc(CCCC)cc5)sc4sc32)cc1. The molecule has 0 aliphatic carbocycles. The molecule has 4 aromatic heterocycles. The van der Waals surface area contributed by atoms with E-state index in [1.165, 1.54) is 124 Å². The summed E-state index contributed by atoms with van der Waals surface area (Å²) in [5.74, 6) is 0. The standard InChI is InChI=1S/C34H36S4/c1-3-5-7-8-9-10-12-24-15-19-26(20-16-24)30-22-28-32-31(38-34(28)36-30)27-21-29(35-33(27)37-32)25-17-13-23(14-18-25)11-6-4-2/h13-22H,3-12H2,1-2H3. The average Bonchev–Trinajstić information content (AvgIpc) is 3.69. The Hall–Kier alpha value is -1.98. The van der Waals surface area contributed by atoms with Crippen molar-refractivity contribution in [3.05, 3.63) is 71.8 Å². The van der Waals surface area contributed by atoms with Crippen molar-refractivity contribution in [1.82, 2.24) is 0 Å². The molecule has 0 atom stereocenters. The van der Waals surface area contributed by atoms with Gasteiger partial charge in [-0.2, -0.15) is 0 Å². The van der Waals surface area contributed by atoms with Gasteiger partial charge < -0.3 is 0 Å². The molecule has 0 saturated heterocycles. The Bertz CT molecular complexity index is 1620. The third-order valence-electron chi connectivity index (χ3n) is 7.60. The van der Waals surface area contributed by atoms with Gasteiger partial charge in [-0.05, 0) is 60.1 Å². The quantitative estimate of drug-likeness (QED) is 0.128. The number of unbranched alkanes of at least 4 members (excludes halogenated alkanes) is 6. The highest BCUT2D eigenvalue weighted by molar-refractivity contribution is 7.50. The Morgan fingerprint density at radius 3 is 1.42 bits per heavy atom. The molecule has 0 radical (unpaired) electrons. The molecule has 0 N–H and O–H groups in total. The smallest absolute Gasteiger partial charge is 0.0892 e. The van der Waals surface area contributed by atoms with Gasteiger partial charge >= 0.3 is 0 Å². The normalized spacial score (nSPS) is 11.9. The Labute approximate surface area is 243 Å². The van der Waals surface area contributed by atoms with E-state index in [-0.39, 0.29) is 0 Å². The molecule has 0 aliphatic rings. The minimum atomic E-state index is 1.19. The molecule has 6 aromatic rings. The highest BCUT2D eigenvalue weighted by Crippen LogP contribution is 2.51. The minimum Gasteiger partial charge on any atom is -0.124 e. The fourth-order valence-corrected chi connectivity index (χ4v) is 10.8. The van der Waals surface area contributed by atoms with Crippen LogP contribution in [0.2, 0.25) is 0 Å². The van der Waals surface area contributed by atoms with Crippen LogP contribution in [0.3, 0.4) is 0 Å². The Morgan fingerprint density at radius 1 is 0.474 bits per heavy atom. The van der Waals surface area contributed by atoms with Gasteiger partial charge in [0.2, 0.25) is 0 Å². The zero-order valence-corrected chi connectivity index (χ0v) is 25.7. The maximum absolute atomic E-state index is 2.44. The van der Waals surface area contributed by atoms with Gasteiger partial charge in [-0.15, -0.1) is 45.3 Å². The van der Waals surface area contributed by atoms with E-state index in [4.69, 9.17) is 0 Å². The summed E-state index contributed by atoms with van der Waals surface area (Å²) in [5.41, 5.74) is 5.65. The lowest BCUT2D eigenvalue weighted by Crippen LogP contribution is -1.86. The van der Waals surface area contributed by atoms with Gasteiger partial charge in [0.15, 0.2) is 0 Å². The van der Waals surface area contributed by atoms with Gasteiger partial charge in [0.1, 0.15) is 0 Å². The summed E-state index contributed by atoms with van der Waals surface area (Å²) in [6.07, 6.45) is 13.1. The summed E-state index contributed by atoms with van der Waals surface area (Å²) < 4.78 is 5.89. The summed E-state index contributed by atoms with van der Waals surface area (Å²) in [6, 6.07) is 23.5. The van der Waals surface area contributed by atoms with Crippen molar-refractivity contribution in [3.8, 4) is 20.9 Å². The molecule has 38 heavy (non-hydrogen) atoms. The number of hydrogen-bond donors (Lipinski definition) is 0. The second-order valence-corrected chi connectivity index (χ2v) is 15.2. The molecular formula is C34H36S4. The highest BCUT2D eigenvalue weighted by Gasteiger charge is 2.18. The van der Waals surface area contributed by atoms with Crippen molar-refractivity contribution >= 4 is 73.5 Å². The molecular weight excluding hydrogens is 537 g/mol. The van der Waals surface area contributed by atoms with Gasteiger partial charge in [-0.1, -0.05) is 101 Å². The lowest BCUT2D eigenvalue weighted by molar-refractivity contribution is 0.607. The number of benzene rings is 2. The summed E-state index contributed by atoms with van der Waals surface area (Å²) in [4.78, 5) is 2.80. The summed E-state index contributed by atoms with van der Waals surface area (Å²) >= 11 is 7.90. The summed E-state index contributed by atoms with van der Waals surface area (Å²) in [5, 5.41) is 2.91. The van der Waals surface area contributed by atoms with Crippen molar-refractivity contribution in [1.29, 1.82) is 0 Å². The van der Waals surface area contributed by atoms with E-state index in [0.29, 0.717) is 0 Å². The number of aryl methyl sites for hydroxylation is 2. The van der Waals surface area contributed by atoms with E-state index in [9.17, 15) is 0 Å². The molecule has 0 bridgehead atoms. The second-order valence-electron chi connectivity index (χ2n) is 10.5. The van der Waals surface area contributed by atoms with Crippen molar-refractivity contribution in [2.45, 2.75) is 78.1 Å². The van der Waals surface area contributed by atoms with Gasteiger partial charge in [0.05, 0.1) is 17.4 Å². The number of fused-ring (bicyclic) bond motifs is 5. The molecule has 4 heterocycles. The van der Waals surface area contributed by atoms with E-state index < -0.39 is 0 Å². The minimum absolute atomic E-state index is 1.19. The van der Waals surface area contributed by atoms with Crippen LogP contribution in [0.15, 0.2) is 60.7 Å². The van der Waals surface area contributed by atoms with Crippen LogP contribution in [0.25, 0.3) is 49.1 Å². The van der Waals surface area contributed by atoms with Gasteiger partial charge in [0.25, 0.3) is 0 Å². The molecule has 4 heteroatoms. The maximum atomic E-state index is 2.44. The van der Waals surface area contributed by atoms with E-state index in [2.05, 4.69) is 74.5 Å². The predicted molar refractivity (Wildman–Crippen MR) is 177 cm³/mol. The topological polar surface area (TPSA) is 0 Å². The third kappa shape index (κ3) is 5.51. The zero-order chi connectivity index (χ0) is 25.9.